The van der Waals surface area contributed by atoms with Crippen LogP contribution in [-0.2, 0) is 20.7 Å². The van der Waals surface area contributed by atoms with Gasteiger partial charge < -0.3 is 39.7 Å². The van der Waals surface area contributed by atoms with Gasteiger partial charge in [-0.15, -0.1) is 0 Å². The summed E-state index contributed by atoms with van der Waals surface area (Å²) in [5, 5.41) is 53.9. The number of methoxy groups -OCH3 is 1. The molecule has 11 nitrogen and oxygen atoms in total. The highest BCUT2D eigenvalue weighted by Crippen LogP contribution is 2.52. The number of carbonyl (C=O) groups excluding carboxylic acids is 3. The zero-order chi connectivity index (χ0) is 28.4. The van der Waals surface area contributed by atoms with Crippen LogP contribution >= 0.6 is 0 Å². The number of rotatable bonds is 5. The fourth-order valence-electron chi connectivity index (χ4n) is 5.95. The van der Waals surface area contributed by atoms with E-state index in [1.807, 2.05) is 0 Å². The molecule has 3 aliphatic rings. The van der Waals surface area contributed by atoms with Crippen LogP contribution < -0.4 is 4.74 Å². The van der Waals surface area contributed by atoms with Crippen molar-refractivity contribution < 1.29 is 54.1 Å². The minimum absolute atomic E-state index is 0.0380. The van der Waals surface area contributed by atoms with Gasteiger partial charge in [0.1, 0.15) is 29.5 Å². The van der Waals surface area contributed by atoms with Crippen molar-refractivity contribution in [1.82, 2.24) is 0 Å². The molecule has 11 heteroatoms. The van der Waals surface area contributed by atoms with E-state index in [1.165, 1.54) is 25.3 Å². The van der Waals surface area contributed by atoms with Crippen molar-refractivity contribution in [3.8, 4) is 17.2 Å². The van der Waals surface area contributed by atoms with Crippen LogP contribution in [0.3, 0.4) is 0 Å². The lowest BCUT2D eigenvalue weighted by Crippen LogP contribution is -2.49. The number of phenolic OH excluding ortho intramolecular Hbond substituents is 2. The van der Waals surface area contributed by atoms with Gasteiger partial charge in [0, 0.05) is 36.0 Å². The average Bonchev–Trinajstić information content (AvgIpc) is 2.90. The fourth-order valence-corrected chi connectivity index (χ4v) is 5.95. The molecule has 1 fully saturated rings. The van der Waals surface area contributed by atoms with Gasteiger partial charge in [-0.2, -0.15) is 0 Å². The Morgan fingerprint density at radius 1 is 1.10 bits per heavy atom. The second-order valence-corrected chi connectivity index (χ2v) is 10.5. The van der Waals surface area contributed by atoms with Crippen molar-refractivity contribution in [1.29, 1.82) is 0 Å². The third-order valence-electron chi connectivity index (χ3n) is 8.05. The highest BCUT2D eigenvalue weighted by atomic mass is 16.7. The first-order chi connectivity index (χ1) is 18.4. The topological polar surface area (TPSA) is 180 Å². The van der Waals surface area contributed by atoms with Crippen LogP contribution in [-0.4, -0.2) is 80.7 Å². The second-order valence-electron chi connectivity index (χ2n) is 10.5. The quantitative estimate of drug-likeness (QED) is 0.293. The molecule has 0 radical (unpaired) electrons. The molecule has 1 saturated heterocycles. The molecule has 5 rings (SSSR count). The predicted molar refractivity (Wildman–Crippen MR) is 133 cm³/mol. The zero-order valence-corrected chi connectivity index (χ0v) is 21.6. The summed E-state index contributed by atoms with van der Waals surface area (Å²) in [6, 6.07) is 4.40. The number of ketones is 3. The van der Waals surface area contributed by atoms with Gasteiger partial charge in [-0.1, -0.05) is 19.1 Å². The maximum Gasteiger partial charge on any atom is 0.202 e. The van der Waals surface area contributed by atoms with E-state index in [1.54, 1.807) is 13.8 Å². The number of Topliss-reactive ketones (excluding diaryl/α,β-unsaturated/α-hetero) is 1. The second kappa shape index (κ2) is 9.68. The Balaban J connectivity index is 1.69. The molecule has 0 amide bonds. The molecule has 1 unspecified atom stereocenters. The molecule has 0 bridgehead atoms. The van der Waals surface area contributed by atoms with Gasteiger partial charge in [0.15, 0.2) is 17.9 Å². The van der Waals surface area contributed by atoms with Crippen LogP contribution in [0, 0.1) is 5.92 Å². The first-order valence-electron chi connectivity index (χ1n) is 12.7. The van der Waals surface area contributed by atoms with Gasteiger partial charge in [0.25, 0.3) is 0 Å². The van der Waals surface area contributed by atoms with Gasteiger partial charge >= 0.3 is 0 Å². The van der Waals surface area contributed by atoms with E-state index in [0.29, 0.717) is 0 Å². The molecule has 5 N–H and O–H groups in total. The molecule has 1 heterocycles. The minimum Gasteiger partial charge on any atom is -0.507 e. The van der Waals surface area contributed by atoms with E-state index in [0.717, 1.165) is 0 Å². The molecule has 6 atom stereocenters. The van der Waals surface area contributed by atoms with E-state index in [9.17, 15) is 39.9 Å². The first kappa shape index (κ1) is 27.2. The summed E-state index contributed by atoms with van der Waals surface area (Å²) in [7, 11) is 1.33. The summed E-state index contributed by atoms with van der Waals surface area (Å²) in [4.78, 5) is 39.8. The molecule has 208 valence electrons. The number of phenols is 2. The molecule has 2 aromatic rings. The van der Waals surface area contributed by atoms with Crippen molar-refractivity contribution in [3.63, 3.8) is 0 Å². The molecule has 0 spiro atoms. The number of ether oxygens (including phenoxy) is 3. The summed E-state index contributed by atoms with van der Waals surface area (Å²) in [5.74, 6) is -3.87. The molecule has 39 heavy (non-hydrogen) atoms. The van der Waals surface area contributed by atoms with Gasteiger partial charge in [-0.05, 0) is 18.9 Å². The lowest BCUT2D eigenvalue weighted by Gasteiger charge is -2.42. The van der Waals surface area contributed by atoms with Crippen LogP contribution in [0.5, 0.6) is 17.2 Å². The Kier molecular flexibility index (Phi) is 6.76. The molecule has 0 saturated carbocycles. The molecule has 2 aromatic carbocycles. The van der Waals surface area contributed by atoms with Gasteiger partial charge in [-0.3, -0.25) is 14.4 Å². The smallest absolute Gasteiger partial charge is 0.202 e. The number of hydrogen-bond acceptors (Lipinski definition) is 11. The minimum atomic E-state index is -2.21. The van der Waals surface area contributed by atoms with Gasteiger partial charge in [0.05, 0.1) is 42.1 Å². The van der Waals surface area contributed by atoms with Crippen molar-refractivity contribution in [2.24, 2.45) is 5.92 Å². The Morgan fingerprint density at radius 2 is 1.79 bits per heavy atom. The zero-order valence-electron chi connectivity index (χ0n) is 21.6. The lowest BCUT2D eigenvalue weighted by atomic mass is 9.72. The summed E-state index contributed by atoms with van der Waals surface area (Å²) in [5.41, 5.74) is -3.45. The van der Waals surface area contributed by atoms with E-state index in [-0.39, 0.29) is 40.3 Å². The molecular weight excluding hydrogens is 512 g/mol. The number of fused-ring (bicyclic) bond motifs is 3. The number of hydrogen-bond donors (Lipinski definition) is 5. The maximum absolute atomic E-state index is 13.7. The van der Waals surface area contributed by atoms with Crippen LogP contribution in [0.4, 0.5) is 0 Å². The highest BCUT2D eigenvalue weighted by molar-refractivity contribution is 6.31. The Hall–Kier alpha value is -3.35. The standard InChI is InChI=1S/C28H30O11/c1-11-7-18(38-12(2)23(11)31)39-16-9-28(36,17(30)10-29)8-14-20(16)27(35)22-21(25(14)33)24(32)13-5-4-6-15(37-3)19(13)26(22)34/h4-6,11-12,16,18,23,29,31,33,35-36H,7-10H2,1-3H3/t11-,12?,16-,18-,23-,28-/m0/s1. The summed E-state index contributed by atoms with van der Waals surface area (Å²) < 4.78 is 17.2. The molecule has 2 aliphatic carbocycles. The van der Waals surface area contributed by atoms with Gasteiger partial charge in [-0.25, -0.2) is 0 Å². The Morgan fingerprint density at radius 3 is 2.44 bits per heavy atom. The number of aromatic hydroxyl groups is 2. The van der Waals surface area contributed by atoms with Crippen LogP contribution in [0.25, 0.3) is 0 Å². The Labute approximate surface area is 223 Å². The van der Waals surface area contributed by atoms with E-state index in [2.05, 4.69) is 0 Å². The van der Waals surface area contributed by atoms with Crippen molar-refractivity contribution >= 4 is 17.3 Å². The molecule has 1 aliphatic heterocycles. The summed E-state index contributed by atoms with van der Waals surface area (Å²) in [6.45, 7) is 2.46. The van der Waals surface area contributed by atoms with Crippen molar-refractivity contribution in [2.75, 3.05) is 13.7 Å². The van der Waals surface area contributed by atoms with Crippen molar-refractivity contribution in [2.45, 2.75) is 63.3 Å². The van der Waals surface area contributed by atoms with Crippen molar-refractivity contribution in [3.05, 3.63) is 51.6 Å². The number of aliphatic hydroxyl groups excluding tert-OH is 2. The van der Waals surface area contributed by atoms with E-state index >= 15 is 0 Å². The highest BCUT2D eigenvalue weighted by Gasteiger charge is 2.50. The van der Waals surface area contributed by atoms with Gasteiger partial charge in [0.2, 0.25) is 5.78 Å². The normalized spacial score (nSPS) is 29.8. The first-order valence-corrected chi connectivity index (χ1v) is 12.7. The largest absolute Gasteiger partial charge is 0.507 e. The predicted octanol–water partition coefficient (Wildman–Crippen LogP) is 1.31. The van der Waals surface area contributed by atoms with Crippen LogP contribution in [0.15, 0.2) is 18.2 Å². The monoisotopic (exact) mass is 542 g/mol. The van der Waals surface area contributed by atoms with E-state index in [4.69, 9.17) is 14.2 Å². The average molecular weight is 543 g/mol. The SMILES string of the molecule is COc1cccc2c1C(=O)c1c(O)c3c(c(O)c1C2=O)C[C@@](O)(C(=O)CO)C[C@@H]3O[C@H]1C[C@H](C)[C@H](O)C(C)O1. The third-order valence-corrected chi connectivity index (χ3v) is 8.05. The number of aliphatic hydroxyl groups is 3. The number of benzene rings is 2. The van der Waals surface area contributed by atoms with E-state index < -0.39 is 89.6 Å². The maximum atomic E-state index is 13.7. The number of carbonyl (C=O) groups is 3. The molecule has 0 aromatic heterocycles. The van der Waals surface area contributed by atoms with Crippen LogP contribution in [0.2, 0.25) is 0 Å². The fraction of sp³-hybridized carbons (Fsp3) is 0.464. The third kappa shape index (κ3) is 4.12. The summed E-state index contributed by atoms with van der Waals surface area (Å²) in [6.07, 6.45) is -4.31. The molecular formula is C28H30O11. The Bertz CT molecular complexity index is 1370. The summed E-state index contributed by atoms with van der Waals surface area (Å²) >= 11 is 0. The van der Waals surface area contributed by atoms with Crippen LogP contribution in [0.1, 0.15) is 75.8 Å². The lowest BCUT2D eigenvalue weighted by molar-refractivity contribution is -0.255.